The number of hydrogen-bond donors (Lipinski definition) is 2. The molecule has 0 amide bonds. The number of alkyl halides is 2. The van der Waals surface area contributed by atoms with Crippen molar-refractivity contribution in [2.75, 3.05) is 30.3 Å². The summed E-state index contributed by atoms with van der Waals surface area (Å²) in [6, 6.07) is 15.9. The Kier molecular flexibility index (Phi) is 5.67. The van der Waals surface area contributed by atoms with Gasteiger partial charge in [0.25, 0.3) is 6.43 Å². The van der Waals surface area contributed by atoms with Crippen molar-refractivity contribution in [2.45, 2.75) is 12.5 Å². The highest BCUT2D eigenvalue weighted by Crippen LogP contribution is 2.28. The lowest BCUT2D eigenvalue weighted by Crippen LogP contribution is -2.46. The fraction of sp³-hybridized carbons (Fsp3) is 0.227. The van der Waals surface area contributed by atoms with Gasteiger partial charge in [0.15, 0.2) is 0 Å². The molecule has 8 heteroatoms. The molecule has 1 unspecified atom stereocenters. The second-order valence-corrected chi connectivity index (χ2v) is 7.04. The average Bonchev–Trinajstić information content (AvgIpc) is 2.79. The molecule has 3 N–H and O–H groups in total. The van der Waals surface area contributed by atoms with Crippen molar-refractivity contribution in [3.8, 4) is 0 Å². The van der Waals surface area contributed by atoms with Crippen molar-refractivity contribution < 1.29 is 13.6 Å². The van der Waals surface area contributed by atoms with Gasteiger partial charge in [-0.1, -0.05) is 30.3 Å². The second-order valence-electron chi connectivity index (χ2n) is 7.04. The van der Waals surface area contributed by atoms with Gasteiger partial charge in [0.1, 0.15) is 17.3 Å². The lowest BCUT2D eigenvalue weighted by molar-refractivity contribution is 0.101. The Labute approximate surface area is 172 Å². The zero-order chi connectivity index (χ0) is 21.1. The van der Waals surface area contributed by atoms with Crippen molar-refractivity contribution in [1.82, 2.24) is 15.3 Å². The molecule has 0 saturated carbocycles. The number of nitrogens with two attached hydrogens (primary N) is 1. The highest BCUT2D eigenvalue weighted by molar-refractivity contribution is 6.11. The van der Waals surface area contributed by atoms with E-state index in [9.17, 15) is 13.6 Å². The number of piperazine rings is 1. The van der Waals surface area contributed by atoms with Crippen LogP contribution in [0.4, 0.5) is 20.4 Å². The van der Waals surface area contributed by atoms with Crippen molar-refractivity contribution >= 4 is 17.4 Å². The Morgan fingerprint density at radius 1 is 1.13 bits per heavy atom. The van der Waals surface area contributed by atoms with Crippen LogP contribution in [0.15, 0.2) is 60.8 Å². The van der Waals surface area contributed by atoms with E-state index in [2.05, 4.69) is 15.3 Å². The molecule has 3 heterocycles. The summed E-state index contributed by atoms with van der Waals surface area (Å²) in [6.45, 7) is 1.96. The molecule has 3 aromatic rings. The number of benzene rings is 1. The SMILES string of the molecule is Nc1ncccc1C(=O)c1nc(N2CCNC(c3ccccc3)C2)ccc1C(F)F. The number of ketones is 1. The minimum Gasteiger partial charge on any atom is -0.383 e. The van der Waals surface area contributed by atoms with Gasteiger partial charge in [0.05, 0.1) is 5.56 Å². The summed E-state index contributed by atoms with van der Waals surface area (Å²) in [5, 5.41) is 3.45. The number of nitrogens with zero attached hydrogens (tertiary/aromatic N) is 3. The maximum Gasteiger partial charge on any atom is 0.266 e. The third kappa shape index (κ3) is 3.99. The van der Waals surface area contributed by atoms with E-state index in [1.165, 1.54) is 30.5 Å². The van der Waals surface area contributed by atoms with Crippen molar-refractivity contribution in [3.63, 3.8) is 0 Å². The van der Waals surface area contributed by atoms with E-state index in [1.807, 2.05) is 35.2 Å². The molecule has 1 atom stereocenters. The molecule has 1 aliphatic heterocycles. The largest absolute Gasteiger partial charge is 0.383 e. The molecule has 1 fully saturated rings. The topological polar surface area (TPSA) is 84.1 Å². The number of nitrogens with one attached hydrogen (secondary N) is 1. The molecule has 6 nitrogen and oxygen atoms in total. The normalized spacial score (nSPS) is 16.6. The van der Waals surface area contributed by atoms with Crippen molar-refractivity contribution in [1.29, 1.82) is 0 Å². The Balaban J connectivity index is 1.67. The molecular formula is C22H21F2N5O. The van der Waals surface area contributed by atoms with E-state index in [0.717, 1.165) is 5.56 Å². The predicted octanol–water partition coefficient (Wildman–Crippen LogP) is 3.38. The maximum atomic E-state index is 13.6. The van der Waals surface area contributed by atoms with Crippen LogP contribution >= 0.6 is 0 Å². The second kappa shape index (κ2) is 8.54. The molecule has 154 valence electrons. The monoisotopic (exact) mass is 409 g/mol. The molecule has 30 heavy (non-hydrogen) atoms. The summed E-state index contributed by atoms with van der Waals surface area (Å²) >= 11 is 0. The summed E-state index contributed by atoms with van der Waals surface area (Å²) in [7, 11) is 0. The molecule has 4 rings (SSSR count). The van der Waals surface area contributed by atoms with Gasteiger partial charge >= 0.3 is 0 Å². The maximum absolute atomic E-state index is 13.6. The van der Waals surface area contributed by atoms with Crippen molar-refractivity contribution in [3.05, 3.63) is 83.2 Å². The third-order valence-electron chi connectivity index (χ3n) is 5.15. The molecule has 1 aliphatic rings. The Morgan fingerprint density at radius 3 is 2.67 bits per heavy atom. The first-order valence-electron chi connectivity index (χ1n) is 9.62. The van der Waals surface area contributed by atoms with Gasteiger partial charge in [-0.3, -0.25) is 4.79 Å². The van der Waals surface area contributed by atoms with Crippen LogP contribution in [0.5, 0.6) is 0 Å². The fourth-order valence-electron chi connectivity index (χ4n) is 3.60. The summed E-state index contributed by atoms with van der Waals surface area (Å²) in [5.74, 6) is -0.193. The van der Waals surface area contributed by atoms with Crippen LogP contribution in [0.1, 0.15) is 39.6 Å². The number of hydrogen-bond acceptors (Lipinski definition) is 6. The molecular weight excluding hydrogens is 388 g/mol. The van der Waals surface area contributed by atoms with Crippen LogP contribution in [0.25, 0.3) is 0 Å². The highest BCUT2D eigenvalue weighted by Gasteiger charge is 2.26. The van der Waals surface area contributed by atoms with Gasteiger partial charge in [-0.05, 0) is 29.8 Å². The average molecular weight is 409 g/mol. The molecule has 1 saturated heterocycles. The Bertz CT molecular complexity index is 1040. The lowest BCUT2D eigenvalue weighted by Gasteiger charge is -2.35. The molecule has 2 aromatic heterocycles. The predicted molar refractivity (Wildman–Crippen MR) is 111 cm³/mol. The number of anilines is 2. The quantitative estimate of drug-likeness (QED) is 0.629. The van der Waals surface area contributed by atoms with E-state index in [4.69, 9.17) is 5.73 Å². The molecule has 0 bridgehead atoms. The first-order valence-corrected chi connectivity index (χ1v) is 9.62. The summed E-state index contributed by atoms with van der Waals surface area (Å²) in [5.41, 5.74) is 6.27. The molecule has 1 aromatic carbocycles. The molecule has 0 aliphatic carbocycles. The number of carbonyl (C=O) groups excluding carboxylic acids is 1. The van der Waals surface area contributed by atoms with Gasteiger partial charge in [0.2, 0.25) is 5.78 Å². The summed E-state index contributed by atoms with van der Waals surface area (Å²) in [6.07, 6.45) is -1.39. The summed E-state index contributed by atoms with van der Waals surface area (Å²) < 4.78 is 27.2. The third-order valence-corrected chi connectivity index (χ3v) is 5.15. The highest BCUT2D eigenvalue weighted by atomic mass is 19.3. The number of carbonyl (C=O) groups is 1. The minimum atomic E-state index is -2.83. The first-order chi connectivity index (χ1) is 14.5. The number of aromatic nitrogens is 2. The van der Waals surface area contributed by atoms with Gasteiger partial charge < -0.3 is 16.0 Å². The van der Waals surface area contributed by atoms with E-state index < -0.39 is 17.8 Å². The zero-order valence-corrected chi connectivity index (χ0v) is 16.1. The van der Waals surface area contributed by atoms with E-state index in [-0.39, 0.29) is 23.1 Å². The Hall–Kier alpha value is -3.39. The van der Waals surface area contributed by atoms with E-state index >= 15 is 0 Å². The van der Waals surface area contributed by atoms with Crippen LogP contribution in [-0.4, -0.2) is 35.4 Å². The number of pyridine rings is 2. The molecule has 0 radical (unpaired) electrons. The fourth-order valence-corrected chi connectivity index (χ4v) is 3.60. The van der Waals surface area contributed by atoms with E-state index in [1.54, 1.807) is 0 Å². The zero-order valence-electron chi connectivity index (χ0n) is 16.1. The lowest BCUT2D eigenvalue weighted by atomic mass is 10.0. The van der Waals surface area contributed by atoms with Crippen LogP contribution in [-0.2, 0) is 0 Å². The van der Waals surface area contributed by atoms with Gasteiger partial charge in [-0.15, -0.1) is 0 Å². The number of halogens is 2. The first kappa shape index (κ1) is 19.9. The minimum absolute atomic E-state index is 0.0127. The van der Waals surface area contributed by atoms with Gasteiger partial charge in [-0.2, -0.15) is 0 Å². The van der Waals surface area contributed by atoms with Crippen LogP contribution in [0.3, 0.4) is 0 Å². The van der Waals surface area contributed by atoms with Gasteiger partial charge in [0, 0.05) is 37.4 Å². The van der Waals surface area contributed by atoms with Gasteiger partial charge in [-0.25, -0.2) is 18.7 Å². The van der Waals surface area contributed by atoms with E-state index in [0.29, 0.717) is 25.5 Å². The van der Waals surface area contributed by atoms with Crippen LogP contribution in [0.2, 0.25) is 0 Å². The van der Waals surface area contributed by atoms with Crippen LogP contribution < -0.4 is 16.0 Å². The smallest absolute Gasteiger partial charge is 0.266 e. The number of nitrogen functional groups attached to an aromatic ring is 1. The number of rotatable bonds is 5. The standard InChI is InChI=1S/C22H21F2N5O/c23-21(24)15-8-9-18(28-19(15)20(30)16-7-4-10-27-22(16)25)29-12-11-26-17(13-29)14-5-2-1-3-6-14/h1-10,17,21,26H,11-13H2,(H2,25,27). The van der Waals surface area contributed by atoms with Crippen molar-refractivity contribution in [2.24, 2.45) is 0 Å². The van der Waals surface area contributed by atoms with Crippen LogP contribution in [0, 0.1) is 0 Å². The molecule has 0 spiro atoms. The Morgan fingerprint density at radius 2 is 1.93 bits per heavy atom. The summed E-state index contributed by atoms with van der Waals surface area (Å²) in [4.78, 5) is 23.2.